The van der Waals surface area contributed by atoms with E-state index < -0.39 is 11.7 Å². The second kappa shape index (κ2) is 6.90. The number of nitrogens with one attached hydrogen (secondary N) is 1. The average Bonchev–Trinajstić information content (AvgIpc) is 2.86. The van der Waals surface area contributed by atoms with Crippen LogP contribution in [0.25, 0.3) is 0 Å². The van der Waals surface area contributed by atoms with Gasteiger partial charge in [0.05, 0.1) is 5.56 Å². The summed E-state index contributed by atoms with van der Waals surface area (Å²) in [6, 6.07) is 3.96. The summed E-state index contributed by atoms with van der Waals surface area (Å²) in [7, 11) is 0. The van der Waals surface area contributed by atoms with Crippen LogP contribution in [0.1, 0.15) is 35.1 Å². The van der Waals surface area contributed by atoms with Gasteiger partial charge in [0.15, 0.2) is 0 Å². The highest BCUT2D eigenvalue weighted by Crippen LogP contribution is 2.21. The number of halogens is 2. The van der Waals surface area contributed by atoms with Crippen molar-refractivity contribution in [2.24, 2.45) is 0 Å². The fraction of sp³-hybridized carbons (Fsp3) is 0.308. The molecule has 4 nitrogen and oxygen atoms in total. The van der Waals surface area contributed by atoms with Gasteiger partial charge in [-0.1, -0.05) is 24.7 Å². The summed E-state index contributed by atoms with van der Waals surface area (Å²) in [5, 5.41) is 11.9. The number of amides is 1. The normalized spacial score (nSPS) is 10.6. The molecule has 1 aromatic heterocycles. The number of aryl methyl sites for hydroxylation is 1. The SMILES string of the molecule is CCCCc1nnc(NC(=O)c2cc(F)ccc2Br)s1. The van der Waals surface area contributed by atoms with Crippen LogP contribution >= 0.6 is 27.3 Å². The summed E-state index contributed by atoms with van der Waals surface area (Å²) in [6.45, 7) is 2.10. The average molecular weight is 358 g/mol. The van der Waals surface area contributed by atoms with Gasteiger partial charge in [0.25, 0.3) is 5.91 Å². The van der Waals surface area contributed by atoms with Crippen LogP contribution in [0.15, 0.2) is 22.7 Å². The number of carbonyl (C=O) groups is 1. The molecule has 2 aromatic rings. The second-order valence-electron chi connectivity index (χ2n) is 4.18. The zero-order valence-corrected chi connectivity index (χ0v) is 13.2. The van der Waals surface area contributed by atoms with Crippen LogP contribution in [0.2, 0.25) is 0 Å². The molecule has 0 unspecified atom stereocenters. The van der Waals surface area contributed by atoms with E-state index in [0.29, 0.717) is 9.60 Å². The van der Waals surface area contributed by atoms with Gasteiger partial charge in [-0.15, -0.1) is 10.2 Å². The largest absolute Gasteiger partial charge is 0.296 e. The molecule has 0 aliphatic rings. The molecule has 0 saturated carbocycles. The number of rotatable bonds is 5. The molecule has 1 aromatic carbocycles. The van der Waals surface area contributed by atoms with E-state index >= 15 is 0 Å². The molecule has 1 amide bonds. The molecule has 106 valence electrons. The van der Waals surface area contributed by atoms with Crippen molar-refractivity contribution in [3.05, 3.63) is 39.1 Å². The predicted molar refractivity (Wildman–Crippen MR) is 80.6 cm³/mol. The zero-order chi connectivity index (χ0) is 14.5. The van der Waals surface area contributed by atoms with Crippen LogP contribution in [0.3, 0.4) is 0 Å². The minimum absolute atomic E-state index is 0.232. The molecule has 1 heterocycles. The van der Waals surface area contributed by atoms with Crippen molar-refractivity contribution in [1.82, 2.24) is 10.2 Å². The van der Waals surface area contributed by atoms with Crippen molar-refractivity contribution < 1.29 is 9.18 Å². The summed E-state index contributed by atoms with van der Waals surface area (Å²) in [5.41, 5.74) is 0.232. The Bertz CT molecular complexity index is 617. The molecule has 7 heteroatoms. The first-order chi connectivity index (χ1) is 9.60. The monoisotopic (exact) mass is 357 g/mol. The van der Waals surface area contributed by atoms with Gasteiger partial charge in [-0.3, -0.25) is 10.1 Å². The number of anilines is 1. The van der Waals surface area contributed by atoms with E-state index in [1.807, 2.05) is 0 Å². The molecule has 0 bridgehead atoms. The number of carbonyl (C=O) groups excluding carboxylic acids is 1. The molecule has 0 fully saturated rings. The number of nitrogens with zero attached hydrogens (tertiary/aromatic N) is 2. The number of unbranched alkanes of at least 4 members (excludes halogenated alkanes) is 1. The smallest absolute Gasteiger partial charge is 0.258 e. The van der Waals surface area contributed by atoms with Crippen molar-refractivity contribution in [3.8, 4) is 0 Å². The van der Waals surface area contributed by atoms with E-state index in [1.165, 1.54) is 29.5 Å². The summed E-state index contributed by atoms with van der Waals surface area (Å²) in [6.07, 6.45) is 2.98. The van der Waals surface area contributed by atoms with E-state index in [0.717, 1.165) is 24.3 Å². The second-order valence-corrected chi connectivity index (χ2v) is 6.10. The van der Waals surface area contributed by atoms with E-state index in [4.69, 9.17) is 0 Å². The van der Waals surface area contributed by atoms with Crippen LogP contribution < -0.4 is 5.32 Å². The Labute approximate surface area is 128 Å². The molecule has 20 heavy (non-hydrogen) atoms. The van der Waals surface area contributed by atoms with Crippen LogP contribution in [-0.4, -0.2) is 16.1 Å². The lowest BCUT2D eigenvalue weighted by Gasteiger charge is -2.03. The van der Waals surface area contributed by atoms with E-state index in [2.05, 4.69) is 38.4 Å². The van der Waals surface area contributed by atoms with Crippen molar-refractivity contribution in [2.75, 3.05) is 5.32 Å². The Hall–Kier alpha value is -1.34. The van der Waals surface area contributed by atoms with Gasteiger partial charge in [-0.2, -0.15) is 0 Å². The third-order valence-corrected chi connectivity index (χ3v) is 4.19. The minimum Gasteiger partial charge on any atom is -0.296 e. The molecular weight excluding hydrogens is 345 g/mol. The molecule has 0 spiro atoms. The highest BCUT2D eigenvalue weighted by molar-refractivity contribution is 9.10. The number of hydrogen-bond donors (Lipinski definition) is 1. The molecule has 0 radical (unpaired) electrons. The lowest BCUT2D eigenvalue weighted by atomic mass is 10.2. The third-order valence-electron chi connectivity index (χ3n) is 2.60. The first kappa shape index (κ1) is 15.1. The Morgan fingerprint density at radius 3 is 3.00 bits per heavy atom. The van der Waals surface area contributed by atoms with Crippen molar-refractivity contribution >= 4 is 38.3 Å². The molecule has 0 saturated heterocycles. The highest BCUT2D eigenvalue weighted by Gasteiger charge is 2.13. The quantitative estimate of drug-likeness (QED) is 0.878. The third kappa shape index (κ3) is 3.83. The predicted octanol–water partition coefficient (Wildman–Crippen LogP) is 4.03. The zero-order valence-electron chi connectivity index (χ0n) is 10.8. The number of benzene rings is 1. The molecule has 0 atom stereocenters. The minimum atomic E-state index is -0.459. The van der Waals surface area contributed by atoms with Gasteiger partial charge in [0.1, 0.15) is 10.8 Å². The molecule has 2 rings (SSSR count). The van der Waals surface area contributed by atoms with Crippen LogP contribution in [0.5, 0.6) is 0 Å². The van der Waals surface area contributed by atoms with Crippen molar-refractivity contribution in [2.45, 2.75) is 26.2 Å². The fourth-order valence-electron chi connectivity index (χ4n) is 1.57. The maximum Gasteiger partial charge on any atom is 0.258 e. The van der Waals surface area contributed by atoms with E-state index in [-0.39, 0.29) is 5.56 Å². The van der Waals surface area contributed by atoms with Gasteiger partial charge in [-0.25, -0.2) is 4.39 Å². The molecular formula is C13H13BrFN3OS. The van der Waals surface area contributed by atoms with Crippen LogP contribution in [0, 0.1) is 5.82 Å². The lowest BCUT2D eigenvalue weighted by molar-refractivity contribution is 0.102. The standard InChI is InChI=1S/C13H13BrFN3OS/c1-2-3-4-11-17-18-13(20-11)16-12(19)9-7-8(15)5-6-10(9)14/h5-7H,2-4H2,1H3,(H,16,18,19). The Morgan fingerprint density at radius 1 is 1.45 bits per heavy atom. The topological polar surface area (TPSA) is 54.9 Å². The first-order valence-electron chi connectivity index (χ1n) is 6.19. The van der Waals surface area contributed by atoms with Gasteiger partial charge < -0.3 is 0 Å². The summed E-state index contributed by atoms with van der Waals surface area (Å²) in [4.78, 5) is 12.0. The fourth-order valence-corrected chi connectivity index (χ4v) is 2.77. The van der Waals surface area contributed by atoms with Crippen LogP contribution in [0.4, 0.5) is 9.52 Å². The molecule has 0 aliphatic carbocycles. The van der Waals surface area contributed by atoms with Gasteiger partial charge >= 0.3 is 0 Å². The summed E-state index contributed by atoms with van der Waals surface area (Å²) >= 11 is 4.57. The summed E-state index contributed by atoms with van der Waals surface area (Å²) in [5.74, 6) is -0.867. The first-order valence-corrected chi connectivity index (χ1v) is 7.80. The Kier molecular flexibility index (Phi) is 5.19. The number of hydrogen-bond acceptors (Lipinski definition) is 4. The van der Waals surface area contributed by atoms with Gasteiger partial charge in [0.2, 0.25) is 5.13 Å². The van der Waals surface area contributed by atoms with E-state index in [1.54, 1.807) is 0 Å². The summed E-state index contributed by atoms with van der Waals surface area (Å²) < 4.78 is 13.7. The molecule has 1 N–H and O–H groups in total. The Morgan fingerprint density at radius 2 is 2.25 bits per heavy atom. The maximum atomic E-state index is 13.2. The maximum absolute atomic E-state index is 13.2. The van der Waals surface area contributed by atoms with Crippen molar-refractivity contribution in [3.63, 3.8) is 0 Å². The van der Waals surface area contributed by atoms with Gasteiger partial charge in [-0.05, 0) is 40.5 Å². The molecule has 0 aliphatic heterocycles. The van der Waals surface area contributed by atoms with Crippen LogP contribution in [-0.2, 0) is 6.42 Å². The number of aromatic nitrogens is 2. The van der Waals surface area contributed by atoms with Gasteiger partial charge in [0, 0.05) is 10.9 Å². The van der Waals surface area contributed by atoms with E-state index in [9.17, 15) is 9.18 Å². The van der Waals surface area contributed by atoms with Crippen molar-refractivity contribution in [1.29, 1.82) is 0 Å². The lowest BCUT2D eigenvalue weighted by Crippen LogP contribution is -2.12. The Balaban J connectivity index is 2.07. The highest BCUT2D eigenvalue weighted by atomic mass is 79.9.